The van der Waals surface area contributed by atoms with Gasteiger partial charge in [-0.05, 0) is 47.9 Å². The van der Waals surface area contributed by atoms with Gasteiger partial charge in [-0.15, -0.1) is 0 Å². The predicted octanol–water partition coefficient (Wildman–Crippen LogP) is 4.08. The van der Waals surface area contributed by atoms with Crippen LogP contribution in [0.4, 0.5) is 0 Å². The zero-order valence-corrected chi connectivity index (χ0v) is 15.5. The van der Waals surface area contributed by atoms with E-state index in [1.54, 1.807) is 18.6 Å². The van der Waals surface area contributed by atoms with E-state index in [9.17, 15) is 0 Å². The SMILES string of the molecule is N[C@H](COc1cncc(C=Cc2ccccn2)c1)Cc1c[nH]c2ccccc12. The predicted molar refractivity (Wildman–Crippen MR) is 113 cm³/mol. The van der Waals surface area contributed by atoms with Gasteiger partial charge in [0.25, 0.3) is 0 Å². The van der Waals surface area contributed by atoms with Crippen LogP contribution in [0.3, 0.4) is 0 Å². The quantitative estimate of drug-likeness (QED) is 0.514. The van der Waals surface area contributed by atoms with Crippen LogP contribution in [0.25, 0.3) is 23.1 Å². The van der Waals surface area contributed by atoms with Crippen molar-refractivity contribution in [3.8, 4) is 5.75 Å². The van der Waals surface area contributed by atoms with Gasteiger partial charge in [0, 0.05) is 35.5 Å². The van der Waals surface area contributed by atoms with Gasteiger partial charge >= 0.3 is 0 Å². The lowest BCUT2D eigenvalue weighted by molar-refractivity contribution is 0.287. The topological polar surface area (TPSA) is 76.8 Å². The monoisotopic (exact) mass is 370 g/mol. The molecule has 0 unspecified atom stereocenters. The van der Waals surface area contributed by atoms with E-state index in [1.165, 1.54) is 10.9 Å². The number of nitrogens with two attached hydrogens (primary N) is 1. The number of hydrogen-bond donors (Lipinski definition) is 2. The van der Waals surface area contributed by atoms with Gasteiger partial charge in [-0.3, -0.25) is 9.97 Å². The van der Waals surface area contributed by atoms with Crippen LogP contribution < -0.4 is 10.5 Å². The van der Waals surface area contributed by atoms with E-state index in [2.05, 4.69) is 27.1 Å². The summed E-state index contributed by atoms with van der Waals surface area (Å²) >= 11 is 0. The number of para-hydroxylation sites is 1. The Hall–Kier alpha value is -3.44. The Morgan fingerprint density at radius 1 is 1.07 bits per heavy atom. The van der Waals surface area contributed by atoms with Gasteiger partial charge in [0.1, 0.15) is 12.4 Å². The molecule has 0 aliphatic heterocycles. The van der Waals surface area contributed by atoms with Crippen LogP contribution >= 0.6 is 0 Å². The molecule has 4 rings (SSSR count). The number of H-pyrrole nitrogens is 1. The lowest BCUT2D eigenvalue weighted by atomic mass is 10.1. The number of nitrogens with zero attached hydrogens (tertiary/aromatic N) is 2. The lowest BCUT2D eigenvalue weighted by Crippen LogP contribution is -2.30. The third kappa shape index (κ3) is 4.45. The van der Waals surface area contributed by atoms with E-state index in [-0.39, 0.29) is 6.04 Å². The minimum absolute atomic E-state index is 0.105. The number of aromatic amines is 1. The molecule has 1 atom stereocenters. The minimum Gasteiger partial charge on any atom is -0.490 e. The summed E-state index contributed by atoms with van der Waals surface area (Å²) in [6.07, 6.45) is 11.9. The second kappa shape index (κ2) is 8.50. The first-order valence-corrected chi connectivity index (χ1v) is 9.25. The number of benzene rings is 1. The first kappa shape index (κ1) is 17.9. The second-order valence-corrected chi connectivity index (χ2v) is 6.68. The molecule has 4 aromatic rings. The maximum absolute atomic E-state index is 6.29. The number of nitrogens with one attached hydrogen (secondary N) is 1. The Kier molecular flexibility index (Phi) is 5.45. The molecule has 0 amide bonds. The molecule has 5 heteroatoms. The highest BCUT2D eigenvalue weighted by molar-refractivity contribution is 5.83. The van der Waals surface area contributed by atoms with E-state index in [0.29, 0.717) is 12.4 Å². The van der Waals surface area contributed by atoms with E-state index in [0.717, 1.165) is 23.2 Å². The van der Waals surface area contributed by atoms with Crippen LogP contribution in [-0.2, 0) is 6.42 Å². The van der Waals surface area contributed by atoms with Gasteiger partial charge in [0.05, 0.1) is 11.9 Å². The molecule has 0 radical (unpaired) electrons. The van der Waals surface area contributed by atoms with Crippen molar-refractivity contribution in [1.29, 1.82) is 0 Å². The number of pyridine rings is 2. The fraction of sp³-hybridized carbons (Fsp3) is 0.130. The number of hydrogen-bond acceptors (Lipinski definition) is 4. The van der Waals surface area contributed by atoms with Crippen LogP contribution in [0, 0.1) is 0 Å². The van der Waals surface area contributed by atoms with Crippen molar-refractivity contribution in [3.05, 3.63) is 90.1 Å². The summed E-state index contributed by atoms with van der Waals surface area (Å²) in [5.41, 5.74) is 10.5. The molecule has 140 valence electrons. The number of aromatic nitrogens is 3. The summed E-state index contributed by atoms with van der Waals surface area (Å²) in [6, 6.07) is 15.9. The molecule has 28 heavy (non-hydrogen) atoms. The van der Waals surface area contributed by atoms with Crippen LogP contribution in [0.1, 0.15) is 16.8 Å². The summed E-state index contributed by atoms with van der Waals surface area (Å²) in [7, 11) is 0. The molecule has 3 N–H and O–H groups in total. The van der Waals surface area contributed by atoms with Crippen molar-refractivity contribution < 1.29 is 4.74 Å². The molecule has 0 fully saturated rings. The van der Waals surface area contributed by atoms with Gasteiger partial charge in [-0.25, -0.2) is 0 Å². The molecule has 0 saturated carbocycles. The zero-order chi connectivity index (χ0) is 19.2. The minimum atomic E-state index is -0.105. The summed E-state index contributed by atoms with van der Waals surface area (Å²) in [5, 5.41) is 1.21. The standard InChI is InChI=1S/C23H22N4O/c24-19(12-18-14-27-23-7-2-1-6-22(18)23)16-28-21-11-17(13-25-15-21)8-9-20-5-3-4-10-26-20/h1-11,13-15,19,27H,12,16,24H2/t19-/m0/s1. The zero-order valence-electron chi connectivity index (χ0n) is 15.5. The average molecular weight is 370 g/mol. The molecule has 0 saturated heterocycles. The largest absolute Gasteiger partial charge is 0.490 e. The maximum atomic E-state index is 6.29. The van der Waals surface area contributed by atoms with Crippen molar-refractivity contribution in [2.24, 2.45) is 5.73 Å². The Labute approximate surface area is 163 Å². The molecule has 0 aliphatic rings. The first-order chi connectivity index (χ1) is 13.8. The van der Waals surface area contributed by atoms with Gasteiger partial charge < -0.3 is 15.5 Å². The molecule has 0 bridgehead atoms. The summed E-state index contributed by atoms with van der Waals surface area (Å²) in [4.78, 5) is 11.8. The lowest BCUT2D eigenvalue weighted by Gasteiger charge is -2.13. The van der Waals surface area contributed by atoms with Crippen LogP contribution in [-0.4, -0.2) is 27.6 Å². The Morgan fingerprint density at radius 3 is 2.86 bits per heavy atom. The normalized spacial score (nSPS) is 12.5. The Bertz CT molecular complexity index is 1070. The van der Waals surface area contributed by atoms with Gasteiger partial charge in [-0.1, -0.05) is 30.3 Å². The number of rotatable bonds is 7. The molecular weight excluding hydrogens is 348 g/mol. The highest BCUT2D eigenvalue weighted by atomic mass is 16.5. The van der Waals surface area contributed by atoms with Gasteiger partial charge in [-0.2, -0.15) is 0 Å². The van der Waals surface area contributed by atoms with E-state index >= 15 is 0 Å². The third-order valence-corrected chi connectivity index (χ3v) is 4.49. The van der Waals surface area contributed by atoms with E-state index in [4.69, 9.17) is 10.5 Å². The average Bonchev–Trinajstić information content (AvgIpc) is 3.15. The van der Waals surface area contributed by atoms with Crippen LogP contribution in [0.5, 0.6) is 5.75 Å². The third-order valence-electron chi connectivity index (χ3n) is 4.49. The van der Waals surface area contributed by atoms with Crippen molar-refractivity contribution in [3.63, 3.8) is 0 Å². The highest BCUT2D eigenvalue weighted by Gasteiger charge is 2.10. The van der Waals surface area contributed by atoms with Crippen molar-refractivity contribution in [2.75, 3.05) is 6.61 Å². The van der Waals surface area contributed by atoms with E-state index < -0.39 is 0 Å². The number of fused-ring (bicyclic) bond motifs is 1. The van der Waals surface area contributed by atoms with Crippen molar-refractivity contribution >= 4 is 23.1 Å². The van der Waals surface area contributed by atoms with Crippen LogP contribution in [0.15, 0.2) is 73.3 Å². The fourth-order valence-electron chi connectivity index (χ4n) is 3.11. The number of ether oxygens (including phenoxy) is 1. The highest BCUT2D eigenvalue weighted by Crippen LogP contribution is 2.19. The van der Waals surface area contributed by atoms with E-state index in [1.807, 2.05) is 54.7 Å². The van der Waals surface area contributed by atoms with Crippen molar-refractivity contribution in [2.45, 2.75) is 12.5 Å². The second-order valence-electron chi connectivity index (χ2n) is 6.68. The summed E-state index contributed by atoms with van der Waals surface area (Å²) < 4.78 is 5.87. The summed E-state index contributed by atoms with van der Waals surface area (Å²) in [5.74, 6) is 0.706. The molecule has 0 aliphatic carbocycles. The smallest absolute Gasteiger partial charge is 0.138 e. The maximum Gasteiger partial charge on any atom is 0.138 e. The van der Waals surface area contributed by atoms with Gasteiger partial charge in [0.15, 0.2) is 0 Å². The molecule has 3 aromatic heterocycles. The molecule has 5 nitrogen and oxygen atoms in total. The molecular formula is C23H22N4O. The first-order valence-electron chi connectivity index (χ1n) is 9.25. The van der Waals surface area contributed by atoms with Crippen LogP contribution in [0.2, 0.25) is 0 Å². The Morgan fingerprint density at radius 2 is 1.96 bits per heavy atom. The summed E-state index contributed by atoms with van der Waals surface area (Å²) in [6.45, 7) is 0.425. The molecule has 0 spiro atoms. The molecule has 1 aromatic carbocycles. The van der Waals surface area contributed by atoms with Gasteiger partial charge in [0.2, 0.25) is 0 Å². The Balaban J connectivity index is 1.36. The molecule has 3 heterocycles. The fourth-order valence-corrected chi connectivity index (χ4v) is 3.11. The van der Waals surface area contributed by atoms with Crippen molar-refractivity contribution in [1.82, 2.24) is 15.0 Å².